The van der Waals surface area contributed by atoms with E-state index >= 15 is 0 Å². The maximum absolute atomic E-state index is 11.7. The second-order valence-electron chi connectivity index (χ2n) is 2.70. The van der Waals surface area contributed by atoms with E-state index in [2.05, 4.69) is 31.0 Å². The molecule has 0 spiro atoms. The molecule has 0 atom stereocenters. The van der Waals surface area contributed by atoms with Crippen molar-refractivity contribution in [1.82, 2.24) is 19.7 Å². The van der Waals surface area contributed by atoms with Gasteiger partial charge in [0.15, 0.2) is 4.60 Å². The lowest BCUT2D eigenvalue weighted by Crippen LogP contribution is -2.29. The Balaban J connectivity index is 2.87. The Morgan fingerprint density at radius 1 is 1.60 bits per heavy atom. The number of hydrogen-bond acceptors (Lipinski definition) is 5. The van der Waals surface area contributed by atoms with Crippen LogP contribution in [0, 0.1) is 0 Å². The van der Waals surface area contributed by atoms with E-state index in [1.807, 2.05) is 0 Å². The molecule has 1 aromatic heterocycles. The van der Waals surface area contributed by atoms with Crippen LogP contribution in [-0.4, -0.2) is 43.7 Å². The molecule has 0 saturated carbocycles. The van der Waals surface area contributed by atoms with Crippen molar-refractivity contribution in [3.8, 4) is 0 Å². The molecule has 15 heavy (non-hydrogen) atoms. The molecule has 0 aromatic carbocycles. The summed E-state index contributed by atoms with van der Waals surface area (Å²) in [6, 6.07) is 0. The van der Waals surface area contributed by atoms with Gasteiger partial charge in [0.2, 0.25) is 5.03 Å². The molecule has 0 saturated heterocycles. The van der Waals surface area contributed by atoms with E-state index in [-0.39, 0.29) is 16.2 Å². The van der Waals surface area contributed by atoms with E-state index in [1.165, 1.54) is 18.8 Å². The molecule has 0 unspecified atom stereocenters. The lowest BCUT2D eigenvalue weighted by atomic mass is 10.7. The van der Waals surface area contributed by atoms with Crippen LogP contribution >= 0.6 is 15.9 Å². The van der Waals surface area contributed by atoms with E-state index in [9.17, 15) is 8.42 Å². The number of aryl methyl sites for hydroxylation is 1. The van der Waals surface area contributed by atoms with Gasteiger partial charge in [-0.15, -0.1) is 5.10 Å². The molecule has 0 radical (unpaired) electrons. The van der Waals surface area contributed by atoms with Crippen LogP contribution in [0.3, 0.4) is 0 Å². The SMILES string of the molecule is COCCNS(=O)(=O)c1c(Br)nnn1C. The van der Waals surface area contributed by atoms with E-state index in [0.29, 0.717) is 6.61 Å². The van der Waals surface area contributed by atoms with Crippen LogP contribution in [0.5, 0.6) is 0 Å². The standard InChI is InChI=1S/C6H11BrN4O3S/c1-11-6(5(7)9-10-11)15(12,13)8-3-4-14-2/h8H,3-4H2,1-2H3. The molecular weight excluding hydrogens is 288 g/mol. The van der Waals surface area contributed by atoms with Crippen molar-refractivity contribution in [3.63, 3.8) is 0 Å². The topological polar surface area (TPSA) is 86.1 Å². The summed E-state index contributed by atoms with van der Waals surface area (Å²) in [5.41, 5.74) is 0. The maximum atomic E-state index is 11.7. The van der Waals surface area contributed by atoms with Gasteiger partial charge >= 0.3 is 0 Å². The summed E-state index contributed by atoms with van der Waals surface area (Å²) < 4.78 is 31.9. The van der Waals surface area contributed by atoms with Gasteiger partial charge < -0.3 is 4.74 Å². The molecular formula is C6H11BrN4O3S. The summed E-state index contributed by atoms with van der Waals surface area (Å²) >= 11 is 3.02. The smallest absolute Gasteiger partial charge is 0.260 e. The van der Waals surface area contributed by atoms with Crippen LogP contribution in [-0.2, 0) is 21.8 Å². The van der Waals surface area contributed by atoms with Gasteiger partial charge in [0.25, 0.3) is 10.0 Å². The van der Waals surface area contributed by atoms with Crippen molar-refractivity contribution in [1.29, 1.82) is 0 Å². The fraction of sp³-hybridized carbons (Fsp3) is 0.667. The summed E-state index contributed by atoms with van der Waals surface area (Å²) in [5.74, 6) is 0. The van der Waals surface area contributed by atoms with Gasteiger partial charge in [-0.1, -0.05) is 5.21 Å². The van der Waals surface area contributed by atoms with Crippen LogP contribution in [0.1, 0.15) is 0 Å². The summed E-state index contributed by atoms with van der Waals surface area (Å²) in [6.45, 7) is 0.512. The number of ether oxygens (including phenoxy) is 1. The zero-order chi connectivity index (χ0) is 11.5. The third-order valence-corrected chi connectivity index (χ3v) is 3.94. The molecule has 0 fully saturated rings. The van der Waals surface area contributed by atoms with Crippen molar-refractivity contribution in [2.45, 2.75) is 5.03 Å². The average Bonchev–Trinajstić information content (AvgIpc) is 2.46. The van der Waals surface area contributed by atoms with Crippen LogP contribution < -0.4 is 4.72 Å². The Hall–Kier alpha value is -0.510. The predicted octanol–water partition coefficient (Wildman–Crippen LogP) is -0.498. The molecule has 1 heterocycles. The van der Waals surface area contributed by atoms with Crippen LogP contribution in [0.25, 0.3) is 0 Å². The number of halogens is 1. The van der Waals surface area contributed by atoms with Gasteiger partial charge in [-0.25, -0.2) is 17.8 Å². The molecule has 0 aliphatic carbocycles. The van der Waals surface area contributed by atoms with Crippen LogP contribution in [0.15, 0.2) is 9.63 Å². The zero-order valence-corrected chi connectivity index (χ0v) is 10.7. The number of rotatable bonds is 5. The minimum atomic E-state index is -3.59. The van der Waals surface area contributed by atoms with Crippen LogP contribution in [0.4, 0.5) is 0 Å². The van der Waals surface area contributed by atoms with Crippen molar-refractivity contribution >= 4 is 26.0 Å². The molecule has 86 valence electrons. The van der Waals surface area contributed by atoms with Gasteiger partial charge in [-0.2, -0.15) is 0 Å². The lowest BCUT2D eigenvalue weighted by Gasteiger charge is -2.05. The fourth-order valence-corrected chi connectivity index (χ4v) is 3.06. The van der Waals surface area contributed by atoms with E-state index < -0.39 is 10.0 Å². The third kappa shape index (κ3) is 2.97. The van der Waals surface area contributed by atoms with Gasteiger partial charge in [0.05, 0.1) is 6.61 Å². The number of methoxy groups -OCH3 is 1. The van der Waals surface area contributed by atoms with E-state index in [0.717, 1.165) is 0 Å². The molecule has 0 bridgehead atoms. The molecule has 0 aliphatic heterocycles. The molecule has 9 heteroatoms. The second kappa shape index (κ2) is 5.01. The van der Waals surface area contributed by atoms with Gasteiger partial charge in [0.1, 0.15) is 0 Å². The Morgan fingerprint density at radius 2 is 2.27 bits per heavy atom. The zero-order valence-electron chi connectivity index (χ0n) is 8.27. The molecule has 7 nitrogen and oxygen atoms in total. The Kier molecular flexibility index (Phi) is 4.20. The van der Waals surface area contributed by atoms with Crippen molar-refractivity contribution in [3.05, 3.63) is 4.60 Å². The molecule has 0 amide bonds. The van der Waals surface area contributed by atoms with Gasteiger partial charge in [0, 0.05) is 20.7 Å². The maximum Gasteiger partial charge on any atom is 0.260 e. The molecule has 1 rings (SSSR count). The highest BCUT2D eigenvalue weighted by Gasteiger charge is 2.22. The monoisotopic (exact) mass is 298 g/mol. The number of nitrogens with one attached hydrogen (secondary N) is 1. The molecule has 1 N–H and O–H groups in total. The molecule has 0 aliphatic rings. The number of aromatic nitrogens is 3. The highest BCUT2D eigenvalue weighted by Crippen LogP contribution is 2.16. The minimum absolute atomic E-state index is 0.00129. The number of hydrogen-bond donors (Lipinski definition) is 1. The average molecular weight is 299 g/mol. The van der Waals surface area contributed by atoms with E-state index in [1.54, 1.807) is 0 Å². The normalized spacial score (nSPS) is 11.9. The fourth-order valence-electron chi connectivity index (χ4n) is 0.955. The molecule has 1 aromatic rings. The largest absolute Gasteiger partial charge is 0.383 e. The summed E-state index contributed by atoms with van der Waals surface area (Å²) in [7, 11) is -0.591. The quantitative estimate of drug-likeness (QED) is 0.741. The third-order valence-electron chi connectivity index (χ3n) is 1.59. The Morgan fingerprint density at radius 3 is 2.73 bits per heavy atom. The van der Waals surface area contributed by atoms with Crippen molar-refractivity contribution in [2.24, 2.45) is 7.05 Å². The van der Waals surface area contributed by atoms with Gasteiger partial charge in [-0.05, 0) is 15.9 Å². The highest BCUT2D eigenvalue weighted by molar-refractivity contribution is 9.10. The lowest BCUT2D eigenvalue weighted by molar-refractivity contribution is 0.204. The first-order valence-corrected chi connectivity index (χ1v) is 6.30. The summed E-state index contributed by atoms with van der Waals surface area (Å²) in [4.78, 5) is 0. The first-order chi connectivity index (χ1) is 6.99. The predicted molar refractivity (Wildman–Crippen MR) is 55.8 cm³/mol. The van der Waals surface area contributed by atoms with Crippen molar-refractivity contribution < 1.29 is 13.2 Å². The summed E-state index contributed by atoms with van der Waals surface area (Å²) in [5, 5.41) is 7.17. The minimum Gasteiger partial charge on any atom is -0.383 e. The Labute approximate surface area is 96.0 Å². The van der Waals surface area contributed by atoms with Crippen LogP contribution in [0.2, 0.25) is 0 Å². The first-order valence-electron chi connectivity index (χ1n) is 4.03. The first kappa shape index (κ1) is 12.6. The highest BCUT2D eigenvalue weighted by atomic mass is 79.9. The number of sulfonamides is 1. The van der Waals surface area contributed by atoms with Gasteiger partial charge in [-0.3, -0.25) is 0 Å². The van der Waals surface area contributed by atoms with E-state index in [4.69, 9.17) is 4.74 Å². The van der Waals surface area contributed by atoms with Crippen molar-refractivity contribution in [2.75, 3.05) is 20.3 Å². The summed E-state index contributed by atoms with van der Waals surface area (Å²) in [6.07, 6.45) is 0. The Bertz CT molecular complexity index is 410. The second-order valence-corrected chi connectivity index (χ2v) is 5.13. The number of nitrogens with zero attached hydrogens (tertiary/aromatic N) is 3.